The van der Waals surface area contributed by atoms with E-state index in [1.165, 1.54) is 12.3 Å². The normalized spacial score (nSPS) is 11.4. The van der Waals surface area contributed by atoms with Gasteiger partial charge in [0.25, 0.3) is 11.8 Å². The number of carbonyl (C=O) groups excluding carboxylic acids is 3. The van der Waals surface area contributed by atoms with Crippen LogP contribution >= 0.6 is 11.6 Å². The van der Waals surface area contributed by atoms with Gasteiger partial charge in [-0.25, -0.2) is 0 Å². The molecule has 0 aliphatic heterocycles. The number of rotatable bonds is 9. The lowest BCUT2D eigenvalue weighted by molar-refractivity contribution is -0.122. The van der Waals surface area contributed by atoms with Crippen molar-refractivity contribution in [2.24, 2.45) is 0 Å². The Bertz CT molecular complexity index is 1020. The Balaban J connectivity index is 1.55. The van der Waals surface area contributed by atoms with Crippen LogP contribution in [0.25, 0.3) is 0 Å². The van der Waals surface area contributed by atoms with Crippen LogP contribution in [0, 0.1) is 0 Å². The van der Waals surface area contributed by atoms with Crippen LogP contribution in [-0.2, 0) is 11.2 Å². The Kier molecular flexibility index (Phi) is 7.84. The predicted molar refractivity (Wildman–Crippen MR) is 117 cm³/mol. The number of hydrogen-bond acceptors (Lipinski definition) is 4. The van der Waals surface area contributed by atoms with Crippen molar-refractivity contribution in [1.82, 2.24) is 16.0 Å². The van der Waals surface area contributed by atoms with Crippen LogP contribution in [0.5, 0.6) is 0 Å². The van der Waals surface area contributed by atoms with Crippen molar-refractivity contribution in [2.45, 2.75) is 12.5 Å². The summed E-state index contributed by atoms with van der Waals surface area (Å²) in [7, 11) is 0. The van der Waals surface area contributed by atoms with Gasteiger partial charge in [0.15, 0.2) is 5.76 Å². The molecule has 0 bridgehead atoms. The summed E-state index contributed by atoms with van der Waals surface area (Å²) in [5, 5.41) is 8.51. The highest BCUT2D eigenvalue weighted by molar-refractivity contribution is 6.33. The van der Waals surface area contributed by atoms with Crippen LogP contribution in [0.4, 0.5) is 0 Å². The lowest BCUT2D eigenvalue weighted by Gasteiger charge is -2.18. The van der Waals surface area contributed by atoms with E-state index in [0.29, 0.717) is 17.0 Å². The van der Waals surface area contributed by atoms with Crippen molar-refractivity contribution in [1.29, 1.82) is 0 Å². The number of nitrogens with one attached hydrogen (secondary N) is 3. The minimum atomic E-state index is -0.806. The van der Waals surface area contributed by atoms with E-state index in [1.807, 2.05) is 30.3 Å². The number of furan rings is 1. The van der Waals surface area contributed by atoms with Crippen LogP contribution in [0.3, 0.4) is 0 Å². The van der Waals surface area contributed by atoms with E-state index in [2.05, 4.69) is 16.0 Å². The minimum Gasteiger partial charge on any atom is -0.459 e. The topological polar surface area (TPSA) is 100 Å². The highest BCUT2D eigenvalue weighted by Crippen LogP contribution is 2.14. The second kappa shape index (κ2) is 11.0. The summed E-state index contributed by atoms with van der Waals surface area (Å²) in [6.07, 6.45) is 1.70. The zero-order valence-electron chi connectivity index (χ0n) is 16.6. The van der Waals surface area contributed by atoms with Gasteiger partial charge in [0, 0.05) is 19.5 Å². The number of halogens is 1. The maximum absolute atomic E-state index is 12.7. The van der Waals surface area contributed by atoms with Gasteiger partial charge in [-0.15, -0.1) is 0 Å². The Morgan fingerprint density at radius 2 is 1.55 bits per heavy atom. The molecular formula is C23H22ClN3O4. The van der Waals surface area contributed by atoms with E-state index >= 15 is 0 Å². The number of carbonyl (C=O) groups is 3. The molecule has 8 heteroatoms. The molecular weight excluding hydrogens is 418 g/mol. The first-order valence-corrected chi connectivity index (χ1v) is 10.1. The maximum Gasteiger partial charge on any atom is 0.287 e. The van der Waals surface area contributed by atoms with E-state index in [9.17, 15) is 14.4 Å². The molecule has 2 aromatic carbocycles. The average molecular weight is 440 g/mol. The molecule has 3 aromatic rings. The lowest BCUT2D eigenvalue weighted by atomic mass is 10.1. The third kappa shape index (κ3) is 6.45. The minimum absolute atomic E-state index is 0.123. The van der Waals surface area contributed by atoms with Gasteiger partial charge in [0.2, 0.25) is 5.91 Å². The van der Waals surface area contributed by atoms with Crippen molar-refractivity contribution in [3.8, 4) is 0 Å². The fourth-order valence-corrected chi connectivity index (χ4v) is 3.14. The van der Waals surface area contributed by atoms with Gasteiger partial charge in [-0.2, -0.15) is 0 Å². The van der Waals surface area contributed by atoms with Gasteiger partial charge < -0.3 is 20.4 Å². The molecule has 1 heterocycles. The third-order valence-corrected chi connectivity index (χ3v) is 4.81. The number of amides is 3. The SMILES string of the molecule is O=C(NC(Cc1ccccc1)C(=O)NCCNC(=O)c1ccccc1Cl)c1ccco1. The summed E-state index contributed by atoms with van der Waals surface area (Å²) in [5.41, 5.74) is 1.26. The van der Waals surface area contributed by atoms with Gasteiger partial charge in [-0.1, -0.05) is 54.1 Å². The molecule has 0 aliphatic carbocycles. The van der Waals surface area contributed by atoms with Gasteiger partial charge >= 0.3 is 0 Å². The molecule has 0 spiro atoms. The molecule has 1 unspecified atom stereocenters. The molecule has 0 saturated heterocycles. The second-order valence-corrected chi connectivity index (χ2v) is 7.13. The molecule has 0 radical (unpaired) electrons. The van der Waals surface area contributed by atoms with E-state index in [-0.39, 0.29) is 30.7 Å². The van der Waals surface area contributed by atoms with Crippen LogP contribution in [0.15, 0.2) is 77.4 Å². The second-order valence-electron chi connectivity index (χ2n) is 6.72. The quantitative estimate of drug-likeness (QED) is 0.446. The summed E-state index contributed by atoms with van der Waals surface area (Å²) in [4.78, 5) is 37.3. The fraction of sp³-hybridized carbons (Fsp3) is 0.174. The molecule has 3 rings (SSSR count). The molecule has 1 aromatic heterocycles. The van der Waals surface area contributed by atoms with Crippen LogP contribution in [-0.4, -0.2) is 36.9 Å². The zero-order valence-corrected chi connectivity index (χ0v) is 17.4. The fourth-order valence-electron chi connectivity index (χ4n) is 2.92. The standard InChI is InChI=1S/C23H22ClN3O4/c24-18-10-5-4-9-17(18)21(28)25-12-13-26-22(29)19(15-16-7-2-1-3-8-16)27-23(30)20-11-6-14-31-20/h1-11,14,19H,12-13,15H2,(H,25,28)(H,26,29)(H,27,30). The largest absolute Gasteiger partial charge is 0.459 e. The third-order valence-electron chi connectivity index (χ3n) is 4.48. The molecule has 160 valence electrons. The molecule has 7 nitrogen and oxygen atoms in total. The highest BCUT2D eigenvalue weighted by Gasteiger charge is 2.22. The first kappa shape index (κ1) is 22.1. The van der Waals surface area contributed by atoms with E-state index in [0.717, 1.165) is 5.56 Å². The summed E-state index contributed by atoms with van der Waals surface area (Å²) < 4.78 is 5.10. The molecule has 31 heavy (non-hydrogen) atoms. The van der Waals surface area contributed by atoms with Crippen LogP contribution in [0.2, 0.25) is 5.02 Å². The van der Waals surface area contributed by atoms with Gasteiger partial charge in [-0.05, 0) is 29.8 Å². The van der Waals surface area contributed by atoms with E-state index in [1.54, 1.807) is 30.3 Å². The first-order valence-electron chi connectivity index (χ1n) is 9.73. The maximum atomic E-state index is 12.7. The molecule has 3 N–H and O–H groups in total. The van der Waals surface area contributed by atoms with Crippen LogP contribution in [0.1, 0.15) is 26.5 Å². The molecule has 1 atom stereocenters. The monoisotopic (exact) mass is 439 g/mol. The Morgan fingerprint density at radius 1 is 0.839 bits per heavy atom. The Hall–Kier alpha value is -3.58. The first-order chi connectivity index (χ1) is 15.0. The van der Waals surface area contributed by atoms with Crippen LogP contribution < -0.4 is 16.0 Å². The summed E-state index contributed by atoms with van der Waals surface area (Å²) in [5.74, 6) is -1.05. The molecule has 0 aliphatic rings. The van der Waals surface area contributed by atoms with E-state index < -0.39 is 11.9 Å². The van der Waals surface area contributed by atoms with Crippen molar-refractivity contribution in [3.05, 3.63) is 94.9 Å². The molecule has 0 fully saturated rings. The molecule has 3 amide bonds. The average Bonchev–Trinajstić information content (AvgIpc) is 3.32. The highest BCUT2D eigenvalue weighted by atomic mass is 35.5. The van der Waals surface area contributed by atoms with Crippen molar-refractivity contribution >= 4 is 29.3 Å². The van der Waals surface area contributed by atoms with Crippen molar-refractivity contribution in [3.63, 3.8) is 0 Å². The zero-order chi connectivity index (χ0) is 22.1. The molecule has 0 saturated carbocycles. The number of hydrogen-bond donors (Lipinski definition) is 3. The Morgan fingerprint density at radius 3 is 2.26 bits per heavy atom. The summed E-state index contributed by atoms with van der Waals surface area (Å²) in [6.45, 7) is 0.400. The van der Waals surface area contributed by atoms with Gasteiger partial charge in [-0.3, -0.25) is 14.4 Å². The van der Waals surface area contributed by atoms with Crippen molar-refractivity contribution < 1.29 is 18.8 Å². The number of benzene rings is 2. The van der Waals surface area contributed by atoms with E-state index in [4.69, 9.17) is 16.0 Å². The summed E-state index contributed by atoms with van der Waals surface area (Å²) >= 11 is 6.01. The Labute approximate surface area is 184 Å². The summed E-state index contributed by atoms with van der Waals surface area (Å²) in [6, 6.07) is 18.4. The van der Waals surface area contributed by atoms with Gasteiger partial charge in [0.1, 0.15) is 6.04 Å². The van der Waals surface area contributed by atoms with Crippen molar-refractivity contribution in [2.75, 3.05) is 13.1 Å². The lowest BCUT2D eigenvalue weighted by Crippen LogP contribution is -2.49. The predicted octanol–water partition coefficient (Wildman–Crippen LogP) is 2.82. The van der Waals surface area contributed by atoms with Gasteiger partial charge in [0.05, 0.1) is 16.8 Å². The smallest absolute Gasteiger partial charge is 0.287 e.